The fraction of sp³-hybridized carbons (Fsp3) is 0.320. The zero-order chi connectivity index (χ0) is 22.7. The second-order valence-electron chi connectivity index (χ2n) is 8.13. The number of hydrogen-bond acceptors (Lipinski definition) is 5. The molecule has 2 N–H and O–H groups in total. The highest BCUT2D eigenvalue weighted by Gasteiger charge is 2.23. The van der Waals surface area contributed by atoms with Crippen LogP contribution in [0.4, 0.5) is 5.69 Å². The van der Waals surface area contributed by atoms with Crippen LogP contribution in [0.25, 0.3) is 10.9 Å². The van der Waals surface area contributed by atoms with Gasteiger partial charge in [0.2, 0.25) is 0 Å². The monoisotopic (exact) mass is 433 g/mol. The number of aliphatic hydroxyl groups is 1. The number of ether oxygens (including phenoxy) is 1. The van der Waals surface area contributed by atoms with Crippen molar-refractivity contribution in [3.8, 4) is 5.75 Å². The SMILES string of the molecule is COc1ccc2cc(C(=O)Nc3cccc(C(=O)N4CCC(CO)CC4)c3)c(C)nc2c1. The number of likely N-dealkylation sites (tertiary alicyclic amines) is 1. The topological polar surface area (TPSA) is 91.8 Å². The van der Waals surface area contributed by atoms with Crippen molar-refractivity contribution in [3.63, 3.8) is 0 Å². The molecule has 0 spiro atoms. The Bertz CT molecular complexity index is 1150. The van der Waals surface area contributed by atoms with E-state index in [1.54, 1.807) is 43.2 Å². The van der Waals surface area contributed by atoms with E-state index in [1.807, 2.05) is 24.3 Å². The zero-order valence-electron chi connectivity index (χ0n) is 18.3. The lowest BCUT2D eigenvalue weighted by molar-refractivity contribution is 0.0650. The van der Waals surface area contributed by atoms with Crippen molar-refractivity contribution in [1.82, 2.24) is 9.88 Å². The molecule has 2 amide bonds. The van der Waals surface area contributed by atoms with Crippen molar-refractivity contribution >= 4 is 28.4 Å². The number of fused-ring (bicyclic) bond motifs is 1. The normalized spacial score (nSPS) is 14.4. The number of aryl methyl sites for hydroxylation is 1. The number of carbonyl (C=O) groups excluding carboxylic acids is 2. The van der Waals surface area contributed by atoms with Gasteiger partial charge in [0.25, 0.3) is 11.8 Å². The van der Waals surface area contributed by atoms with Crippen molar-refractivity contribution < 1.29 is 19.4 Å². The first-order valence-corrected chi connectivity index (χ1v) is 10.8. The number of piperidine rings is 1. The van der Waals surface area contributed by atoms with Crippen LogP contribution < -0.4 is 10.1 Å². The number of aliphatic hydroxyl groups excluding tert-OH is 1. The van der Waals surface area contributed by atoms with Crippen LogP contribution in [0.15, 0.2) is 48.5 Å². The van der Waals surface area contributed by atoms with Gasteiger partial charge in [0, 0.05) is 42.4 Å². The number of pyridine rings is 1. The minimum atomic E-state index is -0.277. The minimum Gasteiger partial charge on any atom is -0.497 e. The molecule has 1 fully saturated rings. The van der Waals surface area contributed by atoms with Gasteiger partial charge in [0.15, 0.2) is 0 Å². The molecule has 2 heterocycles. The number of aromatic nitrogens is 1. The fourth-order valence-electron chi connectivity index (χ4n) is 4.03. The number of nitrogens with zero attached hydrogens (tertiary/aromatic N) is 2. The van der Waals surface area contributed by atoms with Crippen LogP contribution in [0.2, 0.25) is 0 Å². The molecule has 7 nitrogen and oxygen atoms in total. The first kappa shape index (κ1) is 21.8. The number of anilines is 1. The number of benzene rings is 2. The lowest BCUT2D eigenvalue weighted by atomic mass is 9.97. The van der Waals surface area contributed by atoms with Gasteiger partial charge in [-0.15, -0.1) is 0 Å². The Morgan fingerprint density at radius 3 is 2.66 bits per heavy atom. The van der Waals surface area contributed by atoms with Gasteiger partial charge in [0.05, 0.1) is 23.9 Å². The summed E-state index contributed by atoms with van der Waals surface area (Å²) >= 11 is 0. The van der Waals surface area contributed by atoms with Crippen molar-refractivity contribution in [2.75, 3.05) is 32.1 Å². The van der Waals surface area contributed by atoms with Gasteiger partial charge in [-0.2, -0.15) is 0 Å². The first-order valence-electron chi connectivity index (χ1n) is 10.8. The summed E-state index contributed by atoms with van der Waals surface area (Å²) in [6.45, 7) is 3.23. The molecule has 0 bridgehead atoms. The lowest BCUT2D eigenvalue weighted by Gasteiger charge is -2.31. The van der Waals surface area contributed by atoms with Gasteiger partial charge < -0.3 is 20.1 Å². The predicted octanol–water partition coefficient (Wildman–Crippen LogP) is 3.65. The molecule has 0 saturated carbocycles. The maximum Gasteiger partial charge on any atom is 0.257 e. The van der Waals surface area contributed by atoms with Crippen LogP contribution in [0, 0.1) is 12.8 Å². The van der Waals surface area contributed by atoms with Crippen molar-refractivity contribution in [1.29, 1.82) is 0 Å². The Morgan fingerprint density at radius 1 is 1.16 bits per heavy atom. The summed E-state index contributed by atoms with van der Waals surface area (Å²) < 4.78 is 5.24. The fourth-order valence-corrected chi connectivity index (χ4v) is 4.03. The molecule has 1 aliphatic rings. The van der Waals surface area contributed by atoms with E-state index < -0.39 is 0 Å². The van der Waals surface area contributed by atoms with E-state index >= 15 is 0 Å². The van der Waals surface area contributed by atoms with Crippen molar-refractivity contribution in [2.45, 2.75) is 19.8 Å². The molecule has 1 aliphatic heterocycles. The Morgan fingerprint density at radius 2 is 1.94 bits per heavy atom. The van der Waals surface area contributed by atoms with E-state index in [1.165, 1.54) is 0 Å². The largest absolute Gasteiger partial charge is 0.497 e. The van der Waals surface area contributed by atoms with Gasteiger partial charge in [-0.05, 0) is 62.1 Å². The van der Waals surface area contributed by atoms with Crippen LogP contribution >= 0.6 is 0 Å². The third kappa shape index (κ3) is 4.57. The van der Waals surface area contributed by atoms with E-state index in [4.69, 9.17) is 4.74 Å². The average molecular weight is 434 g/mol. The molecule has 4 rings (SSSR count). The zero-order valence-corrected chi connectivity index (χ0v) is 18.3. The number of rotatable bonds is 5. The number of carbonyl (C=O) groups is 2. The second kappa shape index (κ2) is 9.36. The van der Waals surface area contributed by atoms with Crippen LogP contribution in [0.3, 0.4) is 0 Å². The summed E-state index contributed by atoms with van der Waals surface area (Å²) in [5.41, 5.74) is 2.94. The molecule has 0 radical (unpaired) electrons. The molecule has 2 aromatic carbocycles. The average Bonchev–Trinajstić information content (AvgIpc) is 2.82. The number of methoxy groups -OCH3 is 1. The van der Waals surface area contributed by atoms with Gasteiger partial charge >= 0.3 is 0 Å². The van der Waals surface area contributed by atoms with E-state index in [9.17, 15) is 14.7 Å². The van der Waals surface area contributed by atoms with E-state index in [0.717, 1.165) is 23.7 Å². The summed E-state index contributed by atoms with van der Waals surface area (Å²) in [4.78, 5) is 32.2. The van der Waals surface area contributed by atoms with E-state index in [-0.39, 0.29) is 24.3 Å². The molecule has 3 aromatic rings. The quantitative estimate of drug-likeness (QED) is 0.641. The first-order chi connectivity index (χ1) is 15.5. The summed E-state index contributed by atoms with van der Waals surface area (Å²) in [7, 11) is 1.60. The van der Waals surface area contributed by atoms with Gasteiger partial charge in [-0.3, -0.25) is 14.6 Å². The highest BCUT2D eigenvalue weighted by atomic mass is 16.5. The predicted molar refractivity (Wildman–Crippen MR) is 123 cm³/mol. The molecule has 0 unspecified atom stereocenters. The lowest BCUT2D eigenvalue weighted by Crippen LogP contribution is -2.39. The molecule has 1 aromatic heterocycles. The highest BCUT2D eigenvalue weighted by molar-refractivity contribution is 6.07. The summed E-state index contributed by atoms with van der Waals surface area (Å²) in [5.74, 6) is 0.643. The van der Waals surface area contributed by atoms with Crippen LogP contribution in [-0.2, 0) is 0 Å². The molecule has 32 heavy (non-hydrogen) atoms. The highest BCUT2D eigenvalue weighted by Crippen LogP contribution is 2.23. The molecular weight excluding hydrogens is 406 g/mol. The van der Waals surface area contributed by atoms with Gasteiger partial charge in [-0.1, -0.05) is 6.07 Å². The van der Waals surface area contributed by atoms with Crippen LogP contribution in [0.1, 0.15) is 39.3 Å². The van der Waals surface area contributed by atoms with Crippen LogP contribution in [-0.4, -0.2) is 53.6 Å². The Labute approximate surface area is 187 Å². The summed E-state index contributed by atoms with van der Waals surface area (Å²) in [6.07, 6.45) is 1.61. The molecule has 0 atom stereocenters. The summed E-state index contributed by atoms with van der Waals surface area (Å²) in [6, 6.07) is 14.3. The Kier molecular flexibility index (Phi) is 6.37. The molecule has 166 valence electrons. The number of amides is 2. The molecular formula is C25H27N3O4. The van der Waals surface area contributed by atoms with E-state index in [2.05, 4.69) is 10.3 Å². The molecule has 0 aliphatic carbocycles. The summed E-state index contributed by atoms with van der Waals surface area (Å²) in [5, 5.41) is 13.0. The number of nitrogens with one attached hydrogen (secondary N) is 1. The third-order valence-corrected chi connectivity index (χ3v) is 5.99. The van der Waals surface area contributed by atoms with Gasteiger partial charge in [0.1, 0.15) is 5.75 Å². The Hall–Kier alpha value is -3.45. The van der Waals surface area contributed by atoms with Crippen molar-refractivity contribution in [3.05, 3.63) is 65.4 Å². The maximum absolute atomic E-state index is 13.0. The third-order valence-electron chi connectivity index (χ3n) is 5.99. The van der Waals surface area contributed by atoms with Crippen molar-refractivity contribution in [2.24, 2.45) is 5.92 Å². The minimum absolute atomic E-state index is 0.0602. The second-order valence-corrected chi connectivity index (χ2v) is 8.13. The standard InChI is InChI=1S/C25H27N3O4/c1-16-22(13-18-6-7-21(32-2)14-23(18)26-16)24(30)27-20-5-3-4-19(12-20)25(31)28-10-8-17(15-29)9-11-28/h3-7,12-14,17,29H,8-11,15H2,1-2H3,(H,27,30). The number of hydrogen-bond donors (Lipinski definition) is 2. The molecule has 1 saturated heterocycles. The van der Waals surface area contributed by atoms with Gasteiger partial charge in [-0.25, -0.2) is 0 Å². The van der Waals surface area contributed by atoms with E-state index in [0.29, 0.717) is 41.3 Å². The molecule has 7 heteroatoms. The maximum atomic E-state index is 13.0. The smallest absolute Gasteiger partial charge is 0.257 e. The van der Waals surface area contributed by atoms with Crippen LogP contribution in [0.5, 0.6) is 5.75 Å². The Balaban J connectivity index is 1.50.